The molecule has 2 aromatic heterocycles. The normalized spacial score (nSPS) is 21.5. The predicted octanol–water partition coefficient (Wildman–Crippen LogP) is 4.32. The van der Waals surface area contributed by atoms with E-state index < -0.39 is 0 Å². The molecule has 2 saturated carbocycles. The maximum atomic E-state index is 12.6. The molecular weight excluding hydrogens is 398 g/mol. The molecule has 0 spiro atoms. The fourth-order valence-electron chi connectivity index (χ4n) is 4.99. The van der Waals surface area contributed by atoms with Crippen LogP contribution in [0.15, 0.2) is 54.9 Å². The number of benzene rings is 1. The van der Waals surface area contributed by atoms with Crippen LogP contribution in [0, 0.1) is 17.8 Å². The Balaban J connectivity index is 1.33. The van der Waals surface area contributed by atoms with Crippen molar-refractivity contribution >= 4 is 11.9 Å². The summed E-state index contributed by atoms with van der Waals surface area (Å²) in [7, 11) is 3.86. The quantitative estimate of drug-likeness (QED) is 0.634. The highest BCUT2D eigenvalue weighted by molar-refractivity contribution is 5.82. The standard InChI is InChI=1S/C26H29N5O/c1-31(2)26-29-16-21(22-9-5-6-14-27-22)24(30-26)18-12-10-17(11-13-18)15-28-25(32)23-19-7-3-4-8-20(19)23/h5-6,9-14,16,19-20,23H,3-4,7-8,15H2,1-2H3,(H,28,32)/t19-,20+,23?. The van der Waals surface area contributed by atoms with Crippen LogP contribution in [-0.4, -0.2) is 35.0 Å². The molecule has 32 heavy (non-hydrogen) atoms. The minimum Gasteiger partial charge on any atom is -0.352 e. The molecule has 1 amide bonds. The van der Waals surface area contributed by atoms with Gasteiger partial charge in [-0.05, 0) is 42.4 Å². The average molecular weight is 428 g/mol. The smallest absolute Gasteiger partial charge is 0.225 e. The second-order valence-corrected chi connectivity index (χ2v) is 9.09. The lowest BCUT2D eigenvalue weighted by atomic mass is 10.0. The van der Waals surface area contributed by atoms with Gasteiger partial charge in [-0.15, -0.1) is 0 Å². The summed E-state index contributed by atoms with van der Waals surface area (Å²) in [4.78, 5) is 28.3. The maximum Gasteiger partial charge on any atom is 0.225 e. The van der Waals surface area contributed by atoms with Gasteiger partial charge in [-0.3, -0.25) is 9.78 Å². The van der Waals surface area contributed by atoms with Gasteiger partial charge >= 0.3 is 0 Å². The third kappa shape index (κ3) is 4.09. The first kappa shape index (κ1) is 20.6. The molecule has 0 radical (unpaired) electrons. The molecule has 1 N–H and O–H groups in total. The SMILES string of the molecule is CN(C)c1ncc(-c2ccccn2)c(-c2ccc(CNC(=O)C3[C@H]4CCCC[C@@H]34)cc2)n1. The summed E-state index contributed by atoms with van der Waals surface area (Å²) in [5, 5.41) is 3.16. The molecule has 3 aromatic rings. The van der Waals surface area contributed by atoms with Gasteiger partial charge in [0.2, 0.25) is 11.9 Å². The van der Waals surface area contributed by atoms with Gasteiger partial charge < -0.3 is 10.2 Å². The number of aromatic nitrogens is 3. The molecule has 2 aliphatic rings. The van der Waals surface area contributed by atoms with Crippen LogP contribution in [0.4, 0.5) is 5.95 Å². The number of nitrogens with zero attached hydrogens (tertiary/aromatic N) is 4. The molecule has 3 atom stereocenters. The Morgan fingerprint density at radius 1 is 1.03 bits per heavy atom. The van der Waals surface area contributed by atoms with E-state index in [1.165, 1.54) is 25.7 Å². The Morgan fingerprint density at radius 3 is 2.44 bits per heavy atom. The zero-order chi connectivity index (χ0) is 22.1. The summed E-state index contributed by atoms with van der Waals surface area (Å²) >= 11 is 0. The van der Waals surface area contributed by atoms with E-state index in [0.717, 1.165) is 28.1 Å². The fourth-order valence-corrected chi connectivity index (χ4v) is 4.99. The molecule has 2 fully saturated rings. The maximum absolute atomic E-state index is 12.6. The van der Waals surface area contributed by atoms with E-state index in [0.29, 0.717) is 24.3 Å². The molecule has 0 aliphatic heterocycles. The number of anilines is 1. The highest BCUT2D eigenvalue weighted by atomic mass is 16.2. The van der Waals surface area contributed by atoms with Gasteiger partial charge in [-0.1, -0.05) is 43.2 Å². The van der Waals surface area contributed by atoms with Gasteiger partial charge in [-0.2, -0.15) is 0 Å². The van der Waals surface area contributed by atoms with Crippen LogP contribution in [0.2, 0.25) is 0 Å². The Hall–Kier alpha value is -3.28. The van der Waals surface area contributed by atoms with Crippen molar-refractivity contribution in [1.82, 2.24) is 20.3 Å². The number of carbonyl (C=O) groups is 1. The van der Waals surface area contributed by atoms with Gasteiger partial charge in [0.15, 0.2) is 0 Å². The first-order valence-corrected chi connectivity index (χ1v) is 11.4. The van der Waals surface area contributed by atoms with Crippen molar-refractivity contribution < 1.29 is 4.79 Å². The van der Waals surface area contributed by atoms with E-state index in [2.05, 4.69) is 39.6 Å². The molecule has 164 valence electrons. The third-order valence-electron chi connectivity index (χ3n) is 6.77. The molecule has 6 heteroatoms. The van der Waals surface area contributed by atoms with E-state index in [1.54, 1.807) is 6.20 Å². The molecule has 5 rings (SSSR count). The molecular formula is C26H29N5O. The number of nitrogens with one attached hydrogen (secondary N) is 1. The largest absolute Gasteiger partial charge is 0.352 e. The van der Waals surface area contributed by atoms with Crippen LogP contribution in [0.1, 0.15) is 31.2 Å². The second-order valence-electron chi connectivity index (χ2n) is 9.09. The van der Waals surface area contributed by atoms with E-state index >= 15 is 0 Å². The number of amides is 1. The summed E-state index contributed by atoms with van der Waals surface area (Å²) < 4.78 is 0. The summed E-state index contributed by atoms with van der Waals surface area (Å²) in [6.45, 7) is 0.564. The van der Waals surface area contributed by atoms with E-state index in [9.17, 15) is 4.79 Å². The van der Waals surface area contributed by atoms with Gasteiger partial charge in [-0.25, -0.2) is 9.97 Å². The highest BCUT2D eigenvalue weighted by Gasteiger charge is 2.54. The molecule has 2 heterocycles. The van der Waals surface area contributed by atoms with Crippen LogP contribution in [0.25, 0.3) is 22.5 Å². The van der Waals surface area contributed by atoms with Crippen LogP contribution in [-0.2, 0) is 11.3 Å². The van der Waals surface area contributed by atoms with Crippen LogP contribution >= 0.6 is 0 Å². The monoisotopic (exact) mass is 427 g/mol. The van der Waals surface area contributed by atoms with Crippen molar-refractivity contribution in [2.24, 2.45) is 17.8 Å². The lowest BCUT2D eigenvalue weighted by Crippen LogP contribution is -2.25. The van der Waals surface area contributed by atoms with Crippen molar-refractivity contribution in [1.29, 1.82) is 0 Å². The number of carbonyl (C=O) groups excluding carboxylic acids is 1. The molecule has 2 aliphatic carbocycles. The predicted molar refractivity (Wildman–Crippen MR) is 126 cm³/mol. The Kier molecular flexibility index (Phi) is 5.60. The number of hydrogen-bond acceptors (Lipinski definition) is 5. The summed E-state index contributed by atoms with van der Waals surface area (Å²) in [6, 6.07) is 14.1. The summed E-state index contributed by atoms with van der Waals surface area (Å²) in [6.07, 6.45) is 8.63. The van der Waals surface area contributed by atoms with Crippen molar-refractivity contribution in [3.63, 3.8) is 0 Å². The first-order valence-electron chi connectivity index (χ1n) is 11.4. The van der Waals surface area contributed by atoms with Gasteiger partial charge in [0.1, 0.15) is 0 Å². The summed E-state index contributed by atoms with van der Waals surface area (Å²) in [5.41, 5.74) is 4.68. The minimum absolute atomic E-state index is 0.231. The van der Waals surface area contributed by atoms with E-state index in [4.69, 9.17) is 4.98 Å². The van der Waals surface area contributed by atoms with Crippen molar-refractivity contribution in [2.75, 3.05) is 19.0 Å². The first-order chi connectivity index (χ1) is 15.6. The van der Waals surface area contributed by atoms with Gasteiger partial charge in [0, 0.05) is 50.1 Å². The molecule has 0 saturated heterocycles. The molecule has 1 aromatic carbocycles. The fraction of sp³-hybridized carbons (Fsp3) is 0.385. The lowest BCUT2D eigenvalue weighted by Gasteiger charge is -2.14. The second kappa shape index (κ2) is 8.69. The van der Waals surface area contributed by atoms with Gasteiger partial charge in [0.25, 0.3) is 0 Å². The number of hydrogen-bond donors (Lipinski definition) is 1. The topological polar surface area (TPSA) is 71.0 Å². The van der Waals surface area contributed by atoms with Gasteiger partial charge in [0.05, 0.1) is 11.4 Å². The van der Waals surface area contributed by atoms with Crippen LogP contribution in [0.3, 0.4) is 0 Å². The summed E-state index contributed by atoms with van der Waals surface area (Å²) in [5.74, 6) is 2.42. The minimum atomic E-state index is 0.231. The number of pyridine rings is 1. The van der Waals surface area contributed by atoms with Crippen molar-refractivity contribution in [2.45, 2.75) is 32.2 Å². The van der Waals surface area contributed by atoms with Crippen LogP contribution < -0.4 is 10.2 Å². The zero-order valence-corrected chi connectivity index (χ0v) is 18.7. The van der Waals surface area contributed by atoms with Crippen molar-refractivity contribution in [3.8, 4) is 22.5 Å². The van der Waals surface area contributed by atoms with E-state index in [1.807, 2.05) is 43.4 Å². The highest BCUT2D eigenvalue weighted by Crippen LogP contribution is 2.55. The number of rotatable bonds is 6. The average Bonchev–Trinajstić information content (AvgIpc) is 3.58. The molecule has 0 bridgehead atoms. The van der Waals surface area contributed by atoms with E-state index in [-0.39, 0.29) is 11.8 Å². The lowest BCUT2D eigenvalue weighted by molar-refractivity contribution is -0.123. The van der Waals surface area contributed by atoms with Crippen molar-refractivity contribution in [3.05, 3.63) is 60.4 Å². The Labute approximate surface area is 189 Å². The molecule has 6 nitrogen and oxygen atoms in total. The zero-order valence-electron chi connectivity index (χ0n) is 18.7. The third-order valence-corrected chi connectivity index (χ3v) is 6.77. The molecule has 1 unspecified atom stereocenters. The Morgan fingerprint density at radius 2 is 1.78 bits per heavy atom. The van der Waals surface area contributed by atoms with Crippen LogP contribution in [0.5, 0.6) is 0 Å². The number of fused-ring (bicyclic) bond motifs is 1. The Bertz CT molecular complexity index is 1080.